The highest BCUT2D eigenvalue weighted by Gasteiger charge is 2.20. The van der Waals surface area contributed by atoms with Crippen LogP contribution in [-0.4, -0.2) is 46.5 Å². The largest absolute Gasteiger partial charge is 0.480 e. The summed E-state index contributed by atoms with van der Waals surface area (Å²) in [6.07, 6.45) is 2.86. The van der Waals surface area contributed by atoms with Gasteiger partial charge in [0.1, 0.15) is 0 Å². The number of rotatable bonds is 5. The quantitative estimate of drug-likeness (QED) is 0.690. The van der Waals surface area contributed by atoms with Crippen molar-refractivity contribution in [3.8, 4) is 0 Å². The molecule has 0 fully saturated rings. The van der Waals surface area contributed by atoms with Crippen LogP contribution in [0.1, 0.15) is 10.4 Å². The molecular formula is C9H13N3O4. The van der Waals surface area contributed by atoms with Crippen LogP contribution < -0.4 is 5.32 Å². The van der Waals surface area contributed by atoms with E-state index >= 15 is 0 Å². The number of hydrogen-bond donors (Lipinski definition) is 2. The highest BCUT2D eigenvalue weighted by Crippen LogP contribution is 1.97. The number of aliphatic carboxylic acids is 1. The van der Waals surface area contributed by atoms with Crippen LogP contribution in [0.5, 0.6) is 0 Å². The van der Waals surface area contributed by atoms with Crippen LogP contribution in [-0.2, 0) is 16.6 Å². The van der Waals surface area contributed by atoms with Crippen molar-refractivity contribution in [2.45, 2.75) is 6.04 Å². The molecule has 0 bridgehead atoms. The summed E-state index contributed by atoms with van der Waals surface area (Å²) in [5.41, 5.74) is 0.310. The number of ether oxygens (including phenoxy) is 1. The third kappa shape index (κ3) is 3.06. The highest BCUT2D eigenvalue weighted by molar-refractivity contribution is 5.96. The molecule has 1 unspecified atom stereocenters. The zero-order valence-corrected chi connectivity index (χ0v) is 9.01. The van der Waals surface area contributed by atoms with E-state index in [1.807, 2.05) is 0 Å². The molecule has 16 heavy (non-hydrogen) atoms. The fourth-order valence-corrected chi connectivity index (χ4v) is 1.12. The van der Waals surface area contributed by atoms with E-state index in [0.29, 0.717) is 5.56 Å². The van der Waals surface area contributed by atoms with E-state index in [1.54, 1.807) is 7.05 Å². The first kappa shape index (κ1) is 12.2. The molecule has 7 nitrogen and oxygen atoms in total. The maximum atomic E-state index is 11.6. The van der Waals surface area contributed by atoms with Crippen molar-refractivity contribution in [3.63, 3.8) is 0 Å². The summed E-state index contributed by atoms with van der Waals surface area (Å²) in [7, 11) is 3.03. The van der Waals surface area contributed by atoms with E-state index in [0.717, 1.165) is 0 Å². The third-order valence-corrected chi connectivity index (χ3v) is 1.90. The van der Waals surface area contributed by atoms with Gasteiger partial charge in [-0.05, 0) is 0 Å². The fraction of sp³-hybridized carbons (Fsp3) is 0.444. The number of amides is 1. The Balaban J connectivity index is 2.65. The predicted octanol–water partition coefficient (Wildman–Crippen LogP) is -0.750. The Labute approximate surface area is 92.0 Å². The average Bonchev–Trinajstić information content (AvgIpc) is 2.64. The van der Waals surface area contributed by atoms with Crippen LogP contribution in [0.25, 0.3) is 0 Å². The number of methoxy groups -OCH3 is 1. The van der Waals surface area contributed by atoms with Gasteiger partial charge in [-0.15, -0.1) is 0 Å². The minimum Gasteiger partial charge on any atom is -0.480 e. The number of carbonyl (C=O) groups excluding carboxylic acids is 1. The molecule has 0 aliphatic heterocycles. The van der Waals surface area contributed by atoms with Gasteiger partial charge < -0.3 is 15.2 Å². The number of aromatic nitrogens is 2. The Kier molecular flexibility index (Phi) is 4.01. The Morgan fingerprint density at radius 3 is 2.81 bits per heavy atom. The second kappa shape index (κ2) is 5.26. The molecule has 7 heteroatoms. The van der Waals surface area contributed by atoms with Gasteiger partial charge in [0, 0.05) is 20.4 Å². The number of nitrogens with zero attached hydrogens (tertiary/aromatic N) is 2. The van der Waals surface area contributed by atoms with Crippen molar-refractivity contribution < 1.29 is 19.4 Å². The van der Waals surface area contributed by atoms with Gasteiger partial charge in [0.05, 0.1) is 18.4 Å². The van der Waals surface area contributed by atoms with E-state index in [1.165, 1.54) is 24.2 Å². The number of aryl methyl sites for hydroxylation is 1. The van der Waals surface area contributed by atoms with Crippen LogP contribution in [0.3, 0.4) is 0 Å². The summed E-state index contributed by atoms with van der Waals surface area (Å²) in [5.74, 6) is -1.63. The molecule has 0 aliphatic rings. The molecule has 0 saturated carbocycles. The van der Waals surface area contributed by atoms with E-state index in [2.05, 4.69) is 10.4 Å². The van der Waals surface area contributed by atoms with Gasteiger partial charge in [-0.25, -0.2) is 4.79 Å². The van der Waals surface area contributed by atoms with Gasteiger partial charge in [0.25, 0.3) is 5.91 Å². The lowest BCUT2D eigenvalue weighted by Crippen LogP contribution is -2.43. The van der Waals surface area contributed by atoms with E-state index in [-0.39, 0.29) is 6.61 Å². The Bertz CT molecular complexity index is 388. The van der Waals surface area contributed by atoms with Crippen LogP contribution in [0.2, 0.25) is 0 Å². The SMILES string of the molecule is COCC(NC(=O)c1cnn(C)c1)C(=O)O. The van der Waals surface area contributed by atoms with Gasteiger partial charge in [-0.1, -0.05) is 0 Å². The number of nitrogens with one attached hydrogen (secondary N) is 1. The number of carboxylic acid groups (broad SMARTS) is 1. The first-order valence-electron chi connectivity index (χ1n) is 4.56. The Morgan fingerprint density at radius 2 is 2.38 bits per heavy atom. The molecule has 0 aliphatic carbocycles. The van der Waals surface area contributed by atoms with Crippen molar-refractivity contribution >= 4 is 11.9 Å². The molecule has 1 amide bonds. The summed E-state index contributed by atoms with van der Waals surface area (Å²) < 4.78 is 6.15. The highest BCUT2D eigenvalue weighted by atomic mass is 16.5. The zero-order chi connectivity index (χ0) is 12.1. The lowest BCUT2D eigenvalue weighted by Gasteiger charge is -2.12. The number of carbonyl (C=O) groups is 2. The minimum atomic E-state index is -1.14. The van der Waals surface area contributed by atoms with Gasteiger partial charge in [0.15, 0.2) is 6.04 Å². The smallest absolute Gasteiger partial charge is 0.328 e. The van der Waals surface area contributed by atoms with Crippen LogP contribution >= 0.6 is 0 Å². The summed E-state index contributed by atoms with van der Waals surface area (Å²) in [6, 6.07) is -1.06. The lowest BCUT2D eigenvalue weighted by atomic mass is 10.2. The second-order valence-electron chi connectivity index (χ2n) is 3.22. The summed E-state index contributed by atoms with van der Waals surface area (Å²) in [6.45, 7) is -0.0820. The van der Waals surface area contributed by atoms with Crippen LogP contribution in [0.4, 0.5) is 0 Å². The predicted molar refractivity (Wildman–Crippen MR) is 54.0 cm³/mol. The fourth-order valence-electron chi connectivity index (χ4n) is 1.12. The van der Waals surface area contributed by atoms with E-state index < -0.39 is 17.9 Å². The summed E-state index contributed by atoms with van der Waals surface area (Å²) >= 11 is 0. The van der Waals surface area contributed by atoms with E-state index in [9.17, 15) is 9.59 Å². The molecule has 0 aromatic carbocycles. The van der Waals surface area contributed by atoms with Crippen molar-refractivity contribution in [3.05, 3.63) is 18.0 Å². The summed E-state index contributed by atoms with van der Waals surface area (Å²) in [5, 5.41) is 14.9. The summed E-state index contributed by atoms with van der Waals surface area (Å²) in [4.78, 5) is 22.3. The molecule has 1 heterocycles. The van der Waals surface area contributed by atoms with Crippen molar-refractivity contribution in [2.75, 3.05) is 13.7 Å². The van der Waals surface area contributed by atoms with Gasteiger partial charge in [-0.2, -0.15) is 5.10 Å². The van der Waals surface area contributed by atoms with Crippen LogP contribution in [0, 0.1) is 0 Å². The molecule has 88 valence electrons. The number of carboxylic acids is 1. The minimum absolute atomic E-state index is 0.0820. The molecule has 1 aromatic heterocycles. The first-order chi connectivity index (χ1) is 7.54. The van der Waals surface area contributed by atoms with Gasteiger partial charge >= 0.3 is 5.97 Å². The maximum Gasteiger partial charge on any atom is 0.328 e. The van der Waals surface area contributed by atoms with Gasteiger partial charge in [-0.3, -0.25) is 9.48 Å². The number of hydrogen-bond acceptors (Lipinski definition) is 4. The lowest BCUT2D eigenvalue weighted by molar-refractivity contribution is -0.140. The van der Waals surface area contributed by atoms with Crippen molar-refractivity contribution in [2.24, 2.45) is 7.05 Å². The van der Waals surface area contributed by atoms with E-state index in [4.69, 9.17) is 9.84 Å². The third-order valence-electron chi connectivity index (χ3n) is 1.90. The molecule has 0 saturated heterocycles. The van der Waals surface area contributed by atoms with Crippen LogP contribution in [0.15, 0.2) is 12.4 Å². The molecule has 2 N–H and O–H groups in total. The maximum absolute atomic E-state index is 11.6. The first-order valence-corrected chi connectivity index (χ1v) is 4.56. The Morgan fingerprint density at radius 1 is 1.69 bits per heavy atom. The van der Waals surface area contributed by atoms with Crippen molar-refractivity contribution in [1.82, 2.24) is 15.1 Å². The zero-order valence-electron chi connectivity index (χ0n) is 9.01. The Hall–Kier alpha value is -1.89. The average molecular weight is 227 g/mol. The monoisotopic (exact) mass is 227 g/mol. The van der Waals surface area contributed by atoms with Crippen molar-refractivity contribution in [1.29, 1.82) is 0 Å². The topological polar surface area (TPSA) is 93.5 Å². The molecule has 1 rings (SSSR count). The molecule has 1 aromatic rings. The molecule has 0 spiro atoms. The normalized spacial score (nSPS) is 12.1. The molecule has 0 radical (unpaired) electrons. The molecule has 1 atom stereocenters. The standard InChI is InChI=1S/C9H13N3O4/c1-12-4-6(3-10-12)8(13)11-7(5-16-2)9(14)15/h3-4,7H,5H2,1-2H3,(H,11,13)(H,14,15). The molecular weight excluding hydrogens is 214 g/mol. The van der Waals surface area contributed by atoms with Gasteiger partial charge in [0.2, 0.25) is 0 Å². The second-order valence-corrected chi connectivity index (χ2v) is 3.22.